The van der Waals surface area contributed by atoms with Crippen molar-refractivity contribution in [1.82, 2.24) is 9.78 Å². The largest absolute Gasteiger partial charge is 0.494 e. The van der Waals surface area contributed by atoms with E-state index in [1.165, 1.54) is 11.8 Å². The zero-order chi connectivity index (χ0) is 23.5. The molecule has 1 saturated heterocycles. The van der Waals surface area contributed by atoms with Crippen LogP contribution in [0.1, 0.15) is 12.5 Å². The summed E-state index contributed by atoms with van der Waals surface area (Å²) in [4.78, 5) is 15.5. The van der Waals surface area contributed by atoms with Gasteiger partial charge < -0.3 is 4.74 Å². The van der Waals surface area contributed by atoms with Gasteiger partial charge in [0.25, 0.3) is 5.91 Å². The Hall–Kier alpha value is -3.68. The normalized spacial score (nSPS) is 14.7. The maximum atomic E-state index is 13.3. The SMILES string of the molecule is CCOc1ccc(N2C(=O)C(=Cc3cn(-c4ccccc4)nc3-c3ccccc3)SC2=S)cc1. The fourth-order valence-corrected chi connectivity index (χ4v) is 5.01. The number of nitrogens with zero attached hydrogens (tertiary/aromatic N) is 3. The van der Waals surface area contributed by atoms with Crippen molar-refractivity contribution in [1.29, 1.82) is 0 Å². The quantitative estimate of drug-likeness (QED) is 0.236. The van der Waals surface area contributed by atoms with Crippen molar-refractivity contribution in [3.05, 3.63) is 102 Å². The summed E-state index contributed by atoms with van der Waals surface area (Å²) in [6.45, 7) is 2.52. The second-order valence-corrected chi connectivity index (χ2v) is 9.20. The number of para-hydroxylation sites is 1. The number of carbonyl (C=O) groups excluding carboxylic acids is 1. The number of hydrogen-bond acceptors (Lipinski definition) is 5. The van der Waals surface area contributed by atoms with E-state index in [0.717, 1.165) is 33.9 Å². The van der Waals surface area contributed by atoms with E-state index in [1.54, 1.807) is 4.90 Å². The predicted octanol–water partition coefficient (Wildman–Crippen LogP) is 6.34. The zero-order valence-corrected chi connectivity index (χ0v) is 20.1. The molecule has 7 heteroatoms. The molecule has 0 spiro atoms. The first-order valence-corrected chi connectivity index (χ1v) is 12.1. The Morgan fingerprint density at radius 2 is 1.62 bits per heavy atom. The summed E-state index contributed by atoms with van der Waals surface area (Å²) in [6.07, 6.45) is 3.82. The van der Waals surface area contributed by atoms with Crippen molar-refractivity contribution < 1.29 is 9.53 Å². The number of benzene rings is 3. The monoisotopic (exact) mass is 483 g/mol. The molecule has 168 valence electrons. The molecule has 5 rings (SSSR count). The summed E-state index contributed by atoms with van der Waals surface area (Å²) in [6, 6.07) is 27.3. The number of amides is 1. The van der Waals surface area contributed by atoms with Crippen molar-refractivity contribution in [3.8, 4) is 22.7 Å². The maximum absolute atomic E-state index is 13.3. The van der Waals surface area contributed by atoms with Gasteiger partial charge in [0, 0.05) is 17.3 Å². The van der Waals surface area contributed by atoms with E-state index >= 15 is 0 Å². The molecular formula is C27H21N3O2S2. The van der Waals surface area contributed by atoms with E-state index in [-0.39, 0.29) is 5.91 Å². The topological polar surface area (TPSA) is 47.4 Å². The third kappa shape index (κ3) is 4.40. The molecule has 0 unspecified atom stereocenters. The van der Waals surface area contributed by atoms with Crippen LogP contribution in [-0.4, -0.2) is 26.6 Å². The van der Waals surface area contributed by atoms with Gasteiger partial charge >= 0.3 is 0 Å². The van der Waals surface area contributed by atoms with Crippen LogP contribution in [0.5, 0.6) is 5.75 Å². The molecule has 0 aliphatic carbocycles. The summed E-state index contributed by atoms with van der Waals surface area (Å²) in [5.41, 5.74) is 4.29. The third-order valence-electron chi connectivity index (χ3n) is 5.30. The van der Waals surface area contributed by atoms with Gasteiger partial charge in [0.15, 0.2) is 4.32 Å². The van der Waals surface area contributed by atoms with E-state index in [9.17, 15) is 4.79 Å². The number of thiocarbonyl (C=S) groups is 1. The Balaban J connectivity index is 1.52. The van der Waals surface area contributed by atoms with Crippen LogP contribution in [-0.2, 0) is 4.79 Å². The lowest BCUT2D eigenvalue weighted by Gasteiger charge is -2.15. The lowest BCUT2D eigenvalue weighted by Crippen LogP contribution is -2.27. The Kier molecular flexibility index (Phi) is 6.29. The van der Waals surface area contributed by atoms with E-state index in [4.69, 9.17) is 22.1 Å². The van der Waals surface area contributed by atoms with Gasteiger partial charge in [-0.15, -0.1) is 0 Å². The summed E-state index contributed by atoms with van der Waals surface area (Å²) >= 11 is 6.86. The highest BCUT2D eigenvalue weighted by Crippen LogP contribution is 2.38. The third-order valence-corrected chi connectivity index (χ3v) is 6.60. The molecule has 0 radical (unpaired) electrons. The Morgan fingerprint density at radius 1 is 0.941 bits per heavy atom. The Bertz CT molecular complexity index is 1360. The standard InChI is InChI=1S/C27H21N3O2S2/c1-2-32-23-15-13-22(14-16-23)30-26(31)24(34-27(30)33)17-20-18-29(21-11-7-4-8-12-21)28-25(20)19-9-5-3-6-10-19/h3-18H,2H2,1H3. The average molecular weight is 484 g/mol. The first-order chi connectivity index (χ1) is 16.6. The molecule has 1 aromatic heterocycles. The highest BCUT2D eigenvalue weighted by Gasteiger charge is 2.33. The van der Waals surface area contributed by atoms with Crippen LogP contribution in [0.2, 0.25) is 0 Å². The van der Waals surface area contributed by atoms with Crippen molar-refractivity contribution >= 4 is 46.0 Å². The van der Waals surface area contributed by atoms with Gasteiger partial charge in [0.05, 0.1) is 28.6 Å². The lowest BCUT2D eigenvalue weighted by molar-refractivity contribution is -0.113. The molecule has 1 amide bonds. The summed E-state index contributed by atoms with van der Waals surface area (Å²) in [7, 11) is 0. The smallest absolute Gasteiger partial charge is 0.270 e. The van der Waals surface area contributed by atoms with Gasteiger partial charge in [-0.2, -0.15) is 5.10 Å². The lowest BCUT2D eigenvalue weighted by atomic mass is 10.1. The van der Waals surface area contributed by atoms with Crippen molar-refractivity contribution in [2.75, 3.05) is 11.5 Å². The second-order valence-electron chi connectivity index (χ2n) is 7.52. The average Bonchev–Trinajstić information content (AvgIpc) is 3.41. The molecule has 0 N–H and O–H groups in total. The van der Waals surface area contributed by atoms with Crippen molar-refractivity contribution in [3.63, 3.8) is 0 Å². The number of rotatable bonds is 6. The molecular weight excluding hydrogens is 462 g/mol. The zero-order valence-electron chi connectivity index (χ0n) is 18.4. The molecule has 34 heavy (non-hydrogen) atoms. The van der Waals surface area contributed by atoms with Gasteiger partial charge in [-0.1, -0.05) is 72.5 Å². The van der Waals surface area contributed by atoms with Crippen LogP contribution in [0, 0.1) is 0 Å². The van der Waals surface area contributed by atoms with Gasteiger partial charge in [0.1, 0.15) is 5.75 Å². The Labute approximate surface area is 207 Å². The van der Waals surface area contributed by atoms with Crippen LogP contribution < -0.4 is 9.64 Å². The van der Waals surface area contributed by atoms with Crippen LogP contribution in [0.3, 0.4) is 0 Å². The van der Waals surface area contributed by atoms with Gasteiger partial charge in [0.2, 0.25) is 0 Å². The Morgan fingerprint density at radius 3 is 2.29 bits per heavy atom. The molecule has 2 heterocycles. The minimum atomic E-state index is -0.148. The van der Waals surface area contributed by atoms with Crippen molar-refractivity contribution in [2.24, 2.45) is 0 Å². The molecule has 5 nitrogen and oxygen atoms in total. The minimum Gasteiger partial charge on any atom is -0.494 e. The highest BCUT2D eigenvalue weighted by molar-refractivity contribution is 8.27. The maximum Gasteiger partial charge on any atom is 0.270 e. The highest BCUT2D eigenvalue weighted by atomic mass is 32.2. The van der Waals surface area contributed by atoms with Crippen LogP contribution in [0.15, 0.2) is 96.0 Å². The fraction of sp³-hybridized carbons (Fsp3) is 0.0741. The van der Waals surface area contributed by atoms with Crippen LogP contribution >= 0.6 is 24.0 Å². The molecule has 1 aliphatic rings. The summed E-state index contributed by atoms with van der Waals surface area (Å²) in [5.74, 6) is 0.610. The number of carbonyl (C=O) groups is 1. The number of thioether (sulfide) groups is 1. The van der Waals surface area contributed by atoms with E-state index in [0.29, 0.717) is 15.8 Å². The fourth-order valence-electron chi connectivity index (χ4n) is 3.72. The number of anilines is 1. The molecule has 4 aromatic rings. The van der Waals surface area contributed by atoms with Crippen LogP contribution in [0.4, 0.5) is 5.69 Å². The summed E-state index contributed by atoms with van der Waals surface area (Å²) < 4.78 is 7.84. The number of aromatic nitrogens is 2. The van der Waals surface area contributed by atoms with E-state index in [2.05, 4.69) is 0 Å². The van der Waals surface area contributed by atoms with Gasteiger partial charge in [-0.3, -0.25) is 9.69 Å². The number of ether oxygens (including phenoxy) is 1. The minimum absolute atomic E-state index is 0.148. The second kappa shape index (κ2) is 9.67. The molecule has 3 aromatic carbocycles. The van der Waals surface area contributed by atoms with Crippen LogP contribution in [0.25, 0.3) is 23.0 Å². The predicted molar refractivity (Wildman–Crippen MR) is 142 cm³/mol. The molecule has 0 atom stereocenters. The molecule has 0 saturated carbocycles. The summed E-state index contributed by atoms with van der Waals surface area (Å²) in [5, 5.41) is 4.83. The molecule has 0 bridgehead atoms. The van der Waals surface area contributed by atoms with E-state index < -0.39 is 0 Å². The van der Waals surface area contributed by atoms with E-state index in [1.807, 2.05) is 109 Å². The first-order valence-electron chi connectivity index (χ1n) is 10.9. The van der Waals surface area contributed by atoms with Gasteiger partial charge in [-0.05, 0) is 49.4 Å². The first kappa shape index (κ1) is 22.1. The molecule has 1 fully saturated rings. The van der Waals surface area contributed by atoms with Crippen molar-refractivity contribution in [2.45, 2.75) is 6.92 Å². The number of hydrogen-bond donors (Lipinski definition) is 0. The van der Waals surface area contributed by atoms with Gasteiger partial charge in [-0.25, -0.2) is 4.68 Å². The molecule has 1 aliphatic heterocycles.